The summed E-state index contributed by atoms with van der Waals surface area (Å²) in [6.45, 7) is 5.65. The second kappa shape index (κ2) is 13.8. The molecule has 2 aromatic heterocycles. The second-order valence-electron chi connectivity index (χ2n) is 11.0. The number of fused-ring (bicyclic) bond motifs is 1. The van der Waals surface area contributed by atoms with Gasteiger partial charge in [-0.15, -0.1) is 0 Å². The molecule has 1 amide bonds. The smallest absolute Gasteiger partial charge is 0.250 e. The Bertz CT molecular complexity index is 1750. The maximum absolute atomic E-state index is 13.6. The van der Waals surface area contributed by atoms with Crippen LogP contribution in [-0.2, 0) is 11.3 Å². The van der Waals surface area contributed by atoms with Crippen molar-refractivity contribution in [3.05, 3.63) is 114 Å². The number of rotatable bonds is 10. The van der Waals surface area contributed by atoms with Crippen LogP contribution in [0.5, 0.6) is 0 Å². The first-order chi connectivity index (χ1) is 21.6. The van der Waals surface area contributed by atoms with Crippen LogP contribution in [0.4, 0.5) is 8.78 Å². The number of benzene rings is 2. The van der Waals surface area contributed by atoms with Gasteiger partial charge in [-0.2, -0.15) is 0 Å². The molecular weight excluding hydrogens is 576 g/mol. The van der Waals surface area contributed by atoms with Crippen molar-refractivity contribution in [1.82, 2.24) is 15.2 Å². The van der Waals surface area contributed by atoms with Gasteiger partial charge in [0, 0.05) is 60.9 Å². The average Bonchev–Trinajstić information content (AvgIpc) is 3.48. The van der Waals surface area contributed by atoms with Crippen LogP contribution >= 0.6 is 0 Å². The number of carbonyl (C=O) groups is 1. The van der Waals surface area contributed by atoms with Gasteiger partial charge in [0.25, 0.3) is 5.92 Å². The molecule has 0 bridgehead atoms. The highest BCUT2D eigenvalue weighted by atomic mass is 19.3. The van der Waals surface area contributed by atoms with Crippen LogP contribution in [0.25, 0.3) is 33.2 Å². The summed E-state index contributed by atoms with van der Waals surface area (Å²) in [4.78, 5) is 22.0. The summed E-state index contributed by atoms with van der Waals surface area (Å²) in [7, 11) is 0. The molecule has 8 nitrogen and oxygen atoms in total. The second-order valence-corrected chi connectivity index (χ2v) is 11.0. The zero-order valence-corrected chi connectivity index (χ0v) is 24.9. The molecule has 5 rings (SSSR count). The number of hydrogen-bond donors (Lipinski definition) is 3. The van der Waals surface area contributed by atoms with Gasteiger partial charge in [0.15, 0.2) is 0 Å². The summed E-state index contributed by atoms with van der Waals surface area (Å²) >= 11 is 0. The summed E-state index contributed by atoms with van der Waals surface area (Å²) in [5.74, 6) is -2.09. The number of nitrogens with two attached hydrogens (primary N) is 1. The molecule has 1 unspecified atom stereocenters. The Labute approximate surface area is 260 Å². The molecular formula is C35H35F2N5O3. The lowest BCUT2D eigenvalue weighted by Gasteiger charge is -2.35. The number of aliphatic hydroxyl groups is 1. The number of furan rings is 1. The summed E-state index contributed by atoms with van der Waals surface area (Å²) in [5, 5.41) is 14.5. The molecule has 1 aliphatic rings. The van der Waals surface area contributed by atoms with E-state index in [1.807, 2.05) is 61.5 Å². The molecule has 0 aliphatic carbocycles. The minimum atomic E-state index is -2.67. The van der Waals surface area contributed by atoms with E-state index in [0.29, 0.717) is 16.9 Å². The maximum atomic E-state index is 13.6. The number of aromatic nitrogens is 1. The molecule has 3 heterocycles. The molecule has 45 heavy (non-hydrogen) atoms. The number of allylic oxidation sites excluding steroid dienone is 4. The minimum Gasteiger partial charge on any atom is -0.459 e. The molecule has 1 saturated heterocycles. The fourth-order valence-electron chi connectivity index (χ4n) is 5.12. The van der Waals surface area contributed by atoms with Crippen molar-refractivity contribution in [1.29, 1.82) is 0 Å². The van der Waals surface area contributed by atoms with Gasteiger partial charge >= 0.3 is 0 Å². The summed E-state index contributed by atoms with van der Waals surface area (Å²) < 4.78 is 33.4. The Morgan fingerprint density at radius 1 is 1.13 bits per heavy atom. The summed E-state index contributed by atoms with van der Waals surface area (Å²) in [6, 6.07) is 17.2. The summed E-state index contributed by atoms with van der Waals surface area (Å²) in [5.41, 5.74) is 11.3. The molecule has 1 fully saturated rings. The van der Waals surface area contributed by atoms with E-state index in [2.05, 4.69) is 22.0 Å². The number of halogens is 2. The minimum absolute atomic E-state index is 0.137. The molecule has 0 saturated carbocycles. The molecule has 232 valence electrons. The van der Waals surface area contributed by atoms with Crippen LogP contribution in [-0.4, -0.2) is 46.6 Å². The molecule has 0 spiro atoms. The lowest BCUT2D eigenvalue weighted by Crippen LogP contribution is -2.41. The first-order valence-electron chi connectivity index (χ1n) is 14.6. The van der Waals surface area contributed by atoms with Gasteiger partial charge < -0.3 is 20.6 Å². The molecule has 1 atom stereocenters. The Balaban J connectivity index is 1.36. The molecule has 1 aliphatic heterocycles. The van der Waals surface area contributed by atoms with E-state index in [1.165, 1.54) is 6.08 Å². The number of aliphatic hydroxyl groups excluding tert-OH is 1. The number of pyridine rings is 1. The van der Waals surface area contributed by atoms with E-state index in [1.54, 1.807) is 35.5 Å². The van der Waals surface area contributed by atoms with Gasteiger partial charge in [0.05, 0.1) is 6.54 Å². The van der Waals surface area contributed by atoms with Crippen LogP contribution in [0.1, 0.15) is 37.3 Å². The van der Waals surface area contributed by atoms with Gasteiger partial charge in [0.1, 0.15) is 23.4 Å². The van der Waals surface area contributed by atoms with E-state index < -0.39 is 12.2 Å². The van der Waals surface area contributed by atoms with Crippen molar-refractivity contribution < 1.29 is 23.1 Å². The van der Waals surface area contributed by atoms with E-state index in [9.17, 15) is 18.7 Å². The van der Waals surface area contributed by atoms with Gasteiger partial charge in [-0.05, 0) is 60.7 Å². The quantitative estimate of drug-likeness (QED) is 0.107. The number of aliphatic imine (C=N–C) groups is 1. The predicted octanol–water partition coefficient (Wildman–Crippen LogP) is 6.50. The van der Waals surface area contributed by atoms with E-state index in [-0.39, 0.29) is 44.2 Å². The fraction of sp³-hybridized carbons (Fsp3) is 0.229. The van der Waals surface area contributed by atoms with Crippen LogP contribution in [0.15, 0.2) is 112 Å². The summed E-state index contributed by atoms with van der Waals surface area (Å²) in [6.07, 6.45) is 8.44. The molecule has 4 N–H and O–H groups in total. The highest BCUT2D eigenvalue weighted by molar-refractivity contribution is 5.97. The Kier molecular flexibility index (Phi) is 9.65. The zero-order chi connectivity index (χ0) is 32.0. The average molecular weight is 612 g/mol. The number of nitrogens with zero attached hydrogens (tertiary/aromatic N) is 3. The lowest BCUT2D eigenvalue weighted by atomic mass is 9.96. The van der Waals surface area contributed by atoms with Gasteiger partial charge in [-0.25, -0.2) is 13.8 Å². The topological polar surface area (TPSA) is 117 Å². The number of nitrogens with one attached hydrogen (secondary N) is 1. The monoisotopic (exact) mass is 611 g/mol. The van der Waals surface area contributed by atoms with Crippen molar-refractivity contribution in [2.45, 2.75) is 38.5 Å². The molecule has 2 aromatic carbocycles. The van der Waals surface area contributed by atoms with Crippen LogP contribution in [0.3, 0.4) is 0 Å². The number of likely N-dealkylation sites (tertiary alicyclic amines) is 1. The van der Waals surface area contributed by atoms with Crippen molar-refractivity contribution in [2.75, 3.05) is 13.1 Å². The molecule has 10 heteroatoms. The first-order valence-corrected chi connectivity index (χ1v) is 14.6. The van der Waals surface area contributed by atoms with Crippen molar-refractivity contribution >= 4 is 23.6 Å². The highest BCUT2D eigenvalue weighted by Crippen LogP contribution is 2.37. The highest BCUT2D eigenvalue weighted by Gasteiger charge is 2.36. The number of carbonyl (C=O) groups excluding carboxylic acids is 1. The third-order valence-corrected chi connectivity index (χ3v) is 7.69. The first kappa shape index (κ1) is 31.5. The largest absolute Gasteiger partial charge is 0.459 e. The van der Waals surface area contributed by atoms with E-state index in [0.717, 1.165) is 33.2 Å². The third-order valence-electron chi connectivity index (χ3n) is 7.69. The predicted molar refractivity (Wildman–Crippen MR) is 172 cm³/mol. The van der Waals surface area contributed by atoms with Gasteiger partial charge in [0.2, 0.25) is 5.91 Å². The molecule has 0 radical (unpaired) electrons. The number of alkyl halides is 2. The van der Waals surface area contributed by atoms with Crippen molar-refractivity contribution in [2.24, 2.45) is 10.7 Å². The number of hydrogen-bond acceptors (Lipinski definition) is 7. The Morgan fingerprint density at radius 3 is 2.58 bits per heavy atom. The standard InChI is InChI=1S/C35H35F2N5O3/c1-23(5-11-31(38)39-2)6-12-32(43)41-22-29-19-28-18-27(20-30(33(28)45-29)26-4-3-15-40-21-26)24-7-9-25(10-8-24)34(44)42-16-13-35(36,37)14-17-42/h3-12,15,18-21,34,44H,2,13-14,16-17,22,38H2,1H3,(H,41,43)/b12-6+,23-5+,31-11-. The molecule has 4 aromatic rings. The third kappa shape index (κ3) is 7.97. The Morgan fingerprint density at radius 2 is 1.89 bits per heavy atom. The van der Waals surface area contributed by atoms with Crippen molar-refractivity contribution in [3.63, 3.8) is 0 Å². The SMILES string of the molecule is C=N\C(N)=C/C=C(C)/C=C/C(=O)NCc1cc2cc(-c3ccc(C(O)N4CCC(F)(F)CC4)cc3)cc(-c3cccnc3)c2o1. The fourth-order valence-corrected chi connectivity index (χ4v) is 5.12. The van der Waals surface area contributed by atoms with Crippen LogP contribution in [0, 0.1) is 0 Å². The normalized spacial score (nSPS) is 16.6. The van der Waals surface area contributed by atoms with Crippen LogP contribution < -0.4 is 11.1 Å². The maximum Gasteiger partial charge on any atom is 0.250 e. The van der Waals surface area contributed by atoms with E-state index >= 15 is 0 Å². The Hall–Kier alpha value is -4.93. The number of piperidine rings is 1. The van der Waals surface area contributed by atoms with Crippen molar-refractivity contribution in [3.8, 4) is 22.3 Å². The van der Waals surface area contributed by atoms with Crippen LogP contribution in [0.2, 0.25) is 0 Å². The van der Waals surface area contributed by atoms with Gasteiger partial charge in [-0.3, -0.25) is 14.7 Å². The zero-order valence-electron chi connectivity index (χ0n) is 24.9. The number of amides is 1. The van der Waals surface area contributed by atoms with E-state index in [4.69, 9.17) is 10.2 Å². The lowest BCUT2D eigenvalue weighted by molar-refractivity contribution is -0.116. The van der Waals surface area contributed by atoms with Gasteiger partial charge in [-0.1, -0.05) is 48.1 Å².